The van der Waals surface area contributed by atoms with E-state index in [1.165, 1.54) is 10.9 Å². The zero-order valence-corrected chi connectivity index (χ0v) is 33.8. The van der Waals surface area contributed by atoms with Gasteiger partial charge in [-0.3, -0.25) is 28.5 Å². The first-order valence-electron chi connectivity index (χ1n) is 19.9. The van der Waals surface area contributed by atoms with Crippen LogP contribution in [0.5, 0.6) is 0 Å². The van der Waals surface area contributed by atoms with Gasteiger partial charge in [0.05, 0.1) is 40.9 Å². The molecular formula is C43H54ClN7O6. The number of Topliss-reactive ketones (excluding diaryl/α,β-unsaturated/α-hetero) is 2. The van der Waals surface area contributed by atoms with Crippen molar-refractivity contribution in [2.24, 2.45) is 13.0 Å². The van der Waals surface area contributed by atoms with Crippen molar-refractivity contribution in [3.05, 3.63) is 94.3 Å². The number of alkyl halides is 1. The number of anilines is 1. The molecular weight excluding hydrogens is 746 g/mol. The molecule has 0 aliphatic carbocycles. The minimum absolute atomic E-state index is 0.0191. The minimum atomic E-state index is -1.20. The molecule has 0 radical (unpaired) electrons. The number of piperidine rings is 1. The first-order chi connectivity index (χ1) is 27.4. The summed E-state index contributed by atoms with van der Waals surface area (Å²) in [5.74, 6) is -0.798. The summed E-state index contributed by atoms with van der Waals surface area (Å²) in [4.78, 5) is 76.1. The summed E-state index contributed by atoms with van der Waals surface area (Å²) in [5, 5.41) is 15.0. The van der Waals surface area contributed by atoms with Gasteiger partial charge >= 0.3 is 0 Å². The van der Waals surface area contributed by atoms with Crippen LogP contribution in [0.15, 0.2) is 71.9 Å². The highest BCUT2D eigenvalue weighted by atomic mass is 35.5. The summed E-state index contributed by atoms with van der Waals surface area (Å²) < 4.78 is 3.09. The van der Waals surface area contributed by atoms with Crippen molar-refractivity contribution in [2.45, 2.75) is 63.5 Å². The standard InChI is InChI=1S/C43H54ClN7O6/c1-47-20-22-49(23-21-47)17-14-40(54)46-34-12-13-35-36(26-34)45-30-51(42(35)56)29-43(57)15-18-50(19-16-43)41(55)32(24-31-8-4-3-5-9-31)10-6-7-11-38(52)37-25-33(28-48(37)2)39(53)27-44/h3-5,8-9,12-13,25-26,28,30,32,57H,6-7,10-11,14-24,27,29H2,1-2H3,(H,46,54). The third-order valence-corrected chi connectivity index (χ3v) is 11.7. The highest BCUT2D eigenvalue weighted by Gasteiger charge is 2.36. The van der Waals surface area contributed by atoms with Gasteiger partial charge in [0.2, 0.25) is 11.8 Å². The number of piperazine rings is 1. The van der Waals surface area contributed by atoms with Crippen LogP contribution in [-0.4, -0.2) is 122 Å². The zero-order valence-electron chi connectivity index (χ0n) is 33.0. The van der Waals surface area contributed by atoms with Gasteiger partial charge in [0.25, 0.3) is 5.56 Å². The molecule has 0 bridgehead atoms. The van der Waals surface area contributed by atoms with Crippen molar-refractivity contribution in [1.82, 2.24) is 28.8 Å². The first-order valence-corrected chi connectivity index (χ1v) is 20.5. The Bertz CT molecular complexity index is 2100. The van der Waals surface area contributed by atoms with Crippen LogP contribution in [-0.2, 0) is 29.6 Å². The molecule has 4 aromatic rings. The average molecular weight is 800 g/mol. The maximum atomic E-state index is 14.0. The predicted molar refractivity (Wildman–Crippen MR) is 221 cm³/mol. The third-order valence-electron chi connectivity index (χ3n) is 11.4. The fourth-order valence-electron chi connectivity index (χ4n) is 7.87. The van der Waals surface area contributed by atoms with Gasteiger partial charge in [-0.2, -0.15) is 0 Å². The lowest BCUT2D eigenvalue weighted by Crippen LogP contribution is -2.51. The van der Waals surface area contributed by atoms with Crippen LogP contribution in [0.3, 0.4) is 0 Å². The van der Waals surface area contributed by atoms with Crippen LogP contribution in [0, 0.1) is 5.92 Å². The predicted octanol–water partition coefficient (Wildman–Crippen LogP) is 4.39. The summed E-state index contributed by atoms with van der Waals surface area (Å²) >= 11 is 5.69. The summed E-state index contributed by atoms with van der Waals surface area (Å²) in [7, 11) is 3.84. The van der Waals surface area contributed by atoms with Gasteiger partial charge in [0, 0.05) is 89.1 Å². The molecule has 0 saturated carbocycles. The number of halogens is 1. The Morgan fingerprint density at radius 1 is 0.912 bits per heavy atom. The zero-order chi connectivity index (χ0) is 40.5. The topological polar surface area (TPSA) is 150 Å². The highest BCUT2D eigenvalue weighted by molar-refractivity contribution is 6.30. The first kappa shape index (κ1) is 41.9. The molecule has 2 fully saturated rings. The molecule has 304 valence electrons. The van der Waals surface area contributed by atoms with E-state index in [2.05, 4.69) is 27.1 Å². The summed E-state index contributed by atoms with van der Waals surface area (Å²) in [6, 6.07) is 16.5. The van der Waals surface area contributed by atoms with E-state index >= 15 is 0 Å². The third kappa shape index (κ3) is 11.0. The van der Waals surface area contributed by atoms with Gasteiger partial charge in [0.15, 0.2) is 11.6 Å². The van der Waals surface area contributed by atoms with Crippen molar-refractivity contribution in [3.63, 3.8) is 0 Å². The number of amides is 2. The average Bonchev–Trinajstić information content (AvgIpc) is 3.61. The second-order valence-corrected chi connectivity index (χ2v) is 16.0. The molecule has 0 spiro atoms. The van der Waals surface area contributed by atoms with Crippen LogP contribution >= 0.6 is 11.6 Å². The lowest BCUT2D eigenvalue weighted by molar-refractivity contribution is -0.140. The Kier molecular flexibility index (Phi) is 14.1. The summed E-state index contributed by atoms with van der Waals surface area (Å²) in [5.41, 5.74) is 1.49. The molecule has 1 unspecified atom stereocenters. The molecule has 2 aromatic heterocycles. The number of unbranched alkanes of at least 4 members (excludes halogenated alkanes) is 1. The minimum Gasteiger partial charge on any atom is -0.388 e. The quantitative estimate of drug-likeness (QED) is 0.0902. The monoisotopic (exact) mass is 799 g/mol. The van der Waals surface area contributed by atoms with E-state index in [9.17, 15) is 29.1 Å². The lowest BCUT2D eigenvalue weighted by atomic mass is 9.88. The Morgan fingerprint density at radius 3 is 2.37 bits per heavy atom. The van der Waals surface area contributed by atoms with Crippen LogP contribution in [0.1, 0.15) is 71.4 Å². The molecule has 4 heterocycles. The highest BCUT2D eigenvalue weighted by Crippen LogP contribution is 2.28. The van der Waals surface area contributed by atoms with Crippen molar-refractivity contribution < 1.29 is 24.3 Å². The number of nitrogens with one attached hydrogen (secondary N) is 1. The van der Waals surface area contributed by atoms with Gasteiger partial charge in [-0.1, -0.05) is 36.8 Å². The largest absolute Gasteiger partial charge is 0.388 e. The number of aryl methyl sites for hydroxylation is 1. The number of rotatable bonds is 17. The molecule has 57 heavy (non-hydrogen) atoms. The molecule has 2 N–H and O–H groups in total. The number of ketones is 2. The number of fused-ring (bicyclic) bond motifs is 1. The molecule has 1 atom stereocenters. The Balaban J connectivity index is 1.02. The molecule has 2 amide bonds. The van der Waals surface area contributed by atoms with Gasteiger partial charge in [-0.25, -0.2) is 4.98 Å². The van der Waals surface area contributed by atoms with E-state index in [1.807, 2.05) is 35.2 Å². The van der Waals surface area contributed by atoms with Crippen LogP contribution in [0.25, 0.3) is 10.9 Å². The Labute approximate surface area is 338 Å². The fraction of sp³-hybridized carbons (Fsp3) is 0.488. The molecule has 2 saturated heterocycles. The summed E-state index contributed by atoms with van der Waals surface area (Å²) in [6.07, 6.45) is 6.80. The van der Waals surface area contributed by atoms with Crippen molar-refractivity contribution in [3.8, 4) is 0 Å². The molecule has 2 aromatic carbocycles. The molecule has 13 nitrogen and oxygen atoms in total. The molecule has 2 aliphatic rings. The van der Waals surface area contributed by atoms with Crippen molar-refractivity contribution in [1.29, 1.82) is 0 Å². The number of likely N-dealkylation sites (tertiary alicyclic amines) is 1. The normalized spacial score (nSPS) is 16.7. The maximum absolute atomic E-state index is 14.0. The number of aliphatic hydroxyl groups is 1. The van der Waals surface area contributed by atoms with Crippen LogP contribution < -0.4 is 10.9 Å². The number of aromatic nitrogens is 3. The SMILES string of the molecule is CN1CCN(CCC(=O)Nc2ccc3c(=O)n(CC4(O)CCN(C(=O)C(CCCCC(=O)c5cc(C(=O)CCl)cn5C)Cc5ccccc5)CC4)cnc3c2)CC1. The smallest absolute Gasteiger partial charge is 0.261 e. The number of likely N-dealkylation sites (N-methyl/N-ethyl adjacent to an activating group) is 1. The number of benzene rings is 2. The second-order valence-electron chi connectivity index (χ2n) is 15.7. The van der Waals surface area contributed by atoms with E-state index in [0.29, 0.717) is 98.8 Å². The number of nitrogens with zero attached hydrogens (tertiary/aromatic N) is 6. The molecule has 14 heteroatoms. The fourth-order valence-corrected chi connectivity index (χ4v) is 8.02. The van der Waals surface area contributed by atoms with Gasteiger partial charge < -0.3 is 29.7 Å². The lowest BCUT2D eigenvalue weighted by Gasteiger charge is -2.39. The Hall–Kier alpha value is -4.69. The van der Waals surface area contributed by atoms with Crippen LogP contribution in [0.2, 0.25) is 0 Å². The Morgan fingerprint density at radius 2 is 1.65 bits per heavy atom. The number of carbonyl (C=O) groups excluding carboxylic acids is 4. The second kappa shape index (κ2) is 19.2. The van der Waals surface area contributed by atoms with E-state index in [-0.39, 0.29) is 47.3 Å². The molecule has 2 aliphatic heterocycles. The number of carbonyl (C=O) groups is 4. The van der Waals surface area contributed by atoms with Gasteiger partial charge in [0.1, 0.15) is 0 Å². The van der Waals surface area contributed by atoms with Gasteiger partial charge in [-0.05, 0) is 69.0 Å². The van der Waals surface area contributed by atoms with E-state index in [0.717, 1.165) is 31.7 Å². The van der Waals surface area contributed by atoms with Crippen LogP contribution in [0.4, 0.5) is 5.69 Å². The van der Waals surface area contributed by atoms with Crippen molar-refractivity contribution >= 4 is 51.6 Å². The van der Waals surface area contributed by atoms with Crippen molar-refractivity contribution in [2.75, 3.05) is 64.1 Å². The number of hydrogen-bond acceptors (Lipinski definition) is 9. The van der Waals surface area contributed by atoms with E-state index in [4.69, 9.17) is 11.6 Å². The molecule has 6 rings (SSSR count). The maximum Gasteiger partial charge on any atom is 0.261 e. The van der Waals surface area contributed by atoms with Gasteiger partial charge in [-0.15, -0.1) is 11.6 Å². The summed E-state index contributed by atoms with van der Waals surface area (Å²) in [6.45, 7) is 5.33. The number of hydrogen-bond donors (Lipinski definition) is 2. The van der Waals surface area contributed by atoms with E-state index < -0.39 is 5.60 Å². The van der Waals surface area contributed by atoms with E-state index in [1.54, 1.807) is 42.1 Å².